The number of hydrogen-bond donors (Lipinski definition) is 2. The Hall–Kier alpha value is -1.68. The summed E-state index contributed by atoms with van der Waals surface area (Å²) in [6.07, 6.45) is -4.72. The molecule has 0 aliphatic rings. The fourth-order valence-corrected chi connectivity index (χ4v) is 1.40. The Bertz CT molecular complexity index is 477. The van der Waals surface area contributed by atoms with Crippen molar-refractivity contribution in [2.45, 2.75) is 6.18 Å². The molecule has 6 nitrogen and oxygen atoms in total. The highest BCUT2D eigenvalue weighted by Crippen LogP contribution is 2.34. The number of nitro benzene ring substituents is 1. The molecule has 0 bridgehead atoms. The number of benzene rings is 1. The zero-order valence-electron chi connectivity index (χ0n) is 7.89. The molecule has 0 spiro atoms. The van der Waals surface area contributed by atoms with Gasteiger partial charge in [0, 0.05) is 6.07 Å². The summed E-state index contributed by atoms with van der Waals surface area (Å²) >= 11 is -2.61. The molecule has 0 fully saturated rings. The van der Waals surface area contributed by atoms with Crippen molar-refractivity contribution in [2.75, 3.05) is 4.72 Å². The number of alkyl halides is 3. The van der Waals surface area contributed by atoms with Gasteiger partial charge in [-0.2, -0.15) is 13.2 Å². The molecule has 0 heterocycles. The summed E-state index contributed by atoms with van der Waals surface area (Å²) in [5, 5.41) is 10.5. The van der Waals surface area contributed by atoms with Crippen LogP contribution >= 0.6 is 0 Å². The minimum absolute atomic E-state index is 0.287. The summed E-state index contributed by atoms with van der Waals surface area (Å²) in [7, 11) is 0. The molecule has 17 heavy (non-hydrogen) atoms. The van der Waals surface area contributed by atoms with Crippen LogP contribution in [0.2, 0.25) is 0 Å². The average Bonchev–Trinajstić information content (AvgIpc) is 2.15. The Labute approximate surface area is 95.0 Å². The third kappa shape index (κ3) is 3.39. The van der Waals surface area contributed by atoms with E-state index >= 15 is 0 Å². The Kier molecular flexibility index (Phi) is 3.68. The molecule has 10 heteroatoms. The standard InChI is InChI=1S/C7H5F3N2O4S/c8-7(9,10)4-1-2-5(11-17(15)16)6(3-4)12(13)14/h1-3,11H,(H,15,16). The molecule has 1 unspecified atom stereocenters. The number of halogens is 3. The van der Waals surface area contributed by atoms with Gasteiger partial charge in [-0.05, 0) is 12.1 Å². The summed E-state index contributed by atoms with van der Waals surface area (Å²) in [5.74, 6) is 0. The van der Waals surface area contributed by atoms with E-state index in [-0.39, 0.29) is 6.07 Å². The molecule has 0 amide bonds. The quantitative estimate of drug-likeness (QED) is 0.500. The van der Waals surface area contributed by atoms with Crippen LogP contribution in [0.25, 0.3) is 0 Å². The second-order valence-electron chi connectivity index (χ2n) is 2.84. The maximum Gasteiger partial charge on any atom is 0.416 e. The second-order valence-corrected chi connectivity index (χ2v) is 3.54. The Morgan fingerprint density at radius 1 is 1.41 bits per heavy atom. The number of hydrogen-bond acceptors (Lipinski definition) is 3. The summed E-state index contributed by atoms with van der Waals surface area (Å²) in [5.41, 5.74) is -2.61. The number of nitrogens with zero attached hydrogens (tertiary/aromatic N) is 1. The second kappa shape index (κ2) is 4.67. The van der Waals surface area contributed by atoms with Crippen LogP contribution < -0.4 is 4.72 Å². The molecular formula is C7H5F3N2O4S. The van der Waals surface area contributed by atoms with Crippen molar-refractivity contribution >= 4 is 22.6 Å². The smallest absolute Gasteiger partial charge is 0.289 e. The van der Waals surface area contributed by atoms with Crippen molar-refractivity contribution in [3.05, 3.63) is 33.9 Å². The third-order valence-corrected chi connectivity index (χ3v) is 2.11. The molecule has 0 saturated heterocycles. The lowest BCUT2D eigenvalue weighted by molar-refractivity contribution is -0.384. The van der Waals surface area contributed by atoms with Gasteiger partial charge in [-0.1, -0.05) is 0 Å². The van der Waals surface area contributed by atoms with Crippen molar-refractivity contribution in [3.8, 4) is 0 Å². The van der Waals surface area contributed by atoms with E-state index in [1.54, 1.807) is 4.72 Å². The van der Waals surface area contributed by atoms with E-state index in [0.29, 0.717) is 6.07 Å². The summed E-state index contributed by atoms with van der Waals surface area (Å²) < 4.78 is 57.4. The van der Waals surface area contributed by atoms with Crippen LogP contribution in [0, 0.1) is 10.1 Å². The number of anilines is 1. The van der Waals surface area contributed by atoms with E-state index in [1.807, 2.05) is 0 Å². The zero-order chi connectivity index (χ0) is 13.2. The van der Waals surface area contributed by atoms with Crippen LogP contribution in [0.15, 0.2) is 18.2 Å². The van der Waals surface area contributed by atoms with Gasteiger partial charge in [0.1, 0.15) is 5.69 Å². The van der Waals surface area contributed by atoms with Crippen LogP contribution in [0.3, 0.4) is 0 Å². The minimum Gasteiger partial charge on any atom is -0.289 e. The molecule has 1 atom stereocenters. The van der Waals surface area contributed by atoms with Gasteiger partial charge in [-0.15, -0.1) is 0 Å². The fourth-order valence-electron chi connectivity index (χ4n) is 1.04. The van der Waals surface area contributed by atoms with Gasteiger partial charge in [0.2, 0.25) is 0 Å². The highest BCUT2D eigenvalue weighted by Gasteiger charge is 2.33. The topological polar surface area (TPSA) is 92.5 Å². The lowest BCUT2D eigenvalue weighted by Gasteiger charge is -2.08. The predicted molar refractivity (Wildman–Crippen MR) is 52.5 cm³/mol. The van der Waals surface area contributed by atoms with Crippen LogP contribution in [-0.2, 0) is 17.4 Å². The Morgan fingerprint density at radius 3 is 2.41 bits per heavy atom. The van der Waals surface area contributed by atoms with Crippen molar-refractivity contribution in [2.24, 2.45) is 0 Å². The first-order valence-electron chi connectivity index (χ1n) is 3.95. The van der Waals surface area contributed by atoms with E-state index in [9.17, 15) is 27.5 Å². The molecule has 2 N–H and O–H groups in total. The van der Waals surface area contributed by atoms with E-state index < -0.39 is 39.3 Å². The maximum absolute atomic E-state index is 12.3. The number of nitro groups is 1. The summed E-state index contributed by atoms with van der Waals surface area (Å²) in [6.45, 7) is 0. The molecule has 0 saturated carbocycles. The number of rotatable bonds is 3. The van der Waals surface area contributed by atoms with Gasteiger partial charge in [0.15, 0.2) is 0 Å². The third-order valence-electron chi connectivity index (χ3n) is 1.72. The van der Waals surface area contributed by atoms with Crippen molar-refractivity contribution < 1.29 is 26.9 Å². The summed E-state index contributed by atoms with van der Waals surface area (Å²) in [4.78, 5) is 9.42. The van der Waals surface area contributed by atoms with Crippen molar-refractivity contribution in [1.82, 2.24) is 0 Å². The zero-order valence-corrected chi connectivity index (χ0v) is 8.71. The summed E-state index contributed by atoms with van der Waals surface area (Å²) in [6, 6.07) is 1.58. The largest absolute Gasteiger partial charge is 0.416 e. The Balaban J connectivity index is 3.27. The molecule has 1 rings (SSSR count). The first-order chi connectivity index (χ1) is 7.71. The maximum atomic E-state index is 12.3. The first-order valence-corrected chi connectivity index (χ1v) is 5.05. The van der Waals surface area contributed by atoms with Gasteiger partial charge >= 0.3 is 6.18 Å². The average molecular weight is 270 g/mol. The Morgan fingerprint density at radius 2 is 2.00 bits per heavy atom. The lowest BCUT2D eigenvalue weighted by Crippen LogP contribution is -2.09. The van der Waals surface area contributed by atoms with Crippen molar-refractivity contribution in [1.29, 1.82) is 0 Å². The molecule has 0 radical (unpaired) electrons. The van der Waals surface area contributed by atoms with Gasteiger partial charge in [-0.25, -0.2) is 4.21 Å². The van der Waals surface area contributed by atoms with Gasteiger partial charge < -0.3 is 0 Å². The molecule has 1 aromatic carbocycles. The first kappa shape index (κ1) is 13.4. The van der Waals surface area contributed by atoms with E-state index in [0.717, 1.165) is 6.07 Å². The molecule has 0 aromatic heterocycles. The van der Waals surface area contributed by atoms with E-state index in [2.05, 4.69) is 0 Å². The molecule has 1 aromatic rings. The number of nitrogens with one attached hydrogen (secondary N) is 1. The normalized spacial score (nSPS) is 13.2. The van der Waals surface area contributed by atoms with Crippen LogP contribution in [0.1, 0.15) is 5.56 Å². The van der Waals surface area contributed by atoms with E-state index in [1.165, 1.54) is 0 Å². The van der Waals surface area contributed by atoms with Crippen LogP contribution in [0.4, 0.5) is 24.5 Å². The van der Waals surface area contributed by atoms with Crippen LogP contribution in [0.5, 0.6) is 0 Å². The van der Waals surface area contributed by atoms with Gasteiger partial charge in [-0.3, -0.25) is 19.4 Å². The van der Waals surface area contributed by atoms with Crippen molar-refractivity contribution in [3.63, 3.8) is 0 Å². The minimum atomic E-state index is -4.72. The highest BCUT2D eigenvalue weighted by molar-refractivity contribution is 7.80. The SMILES string of the molecule is O=[N+]([O-])c1cc(C(F)(F)F)ccc1NS(=O)O. The molecular weight excluding hydrogens is 265 g/mol. The molecule has 0 aliphatic heterocycles. The van der Waals surface area contributed by atoms with Crippen LogP contribution in [-0.4, -0.2) is 13.7 Å². The lowest BCUT2D eigenvalue weighted by atomic mass is 10.1. The predicted octanol–water partition coefficient (Wildman–Crippen LogP) is 2.16. The highest BCUT2D eigenvalue weighted by atomic mass is 32.2. The van der Waals surface area contributed by atoms with E-state index in [4.69, 9.17) is 4.55 Å². The van der Waals surface area contributed by atoms with Gasteiger partial charge in [0.05, 0.1) is 10.5 Å². The monoisotopic (exact) mass is 270 g/mol. The molecule has 0 aliphatic carbocycles. The van der Waals surface area contributed by atoms with Gasteiger partial charge in [0.25, 0.3) is 17.0 Å². The fraction of sp³-hybridized carbons (Fsp3) is 0.143. The molecule has 94 valence electrons.